The lowest BCUT2D eigenvalue weighted by Crippen LogP contribution is -1.98. The molecule has 0 aliphatic carbocycles. The van der Waals surface area contributed by atoms with Crippen molar-refractivity contribution in [1.82, 2.24) is 4.98 Å². The third-order valence-corrected chi connectivity index (χ3v) is 4.42. The zero-order valence-corrected chi connectivity index (χ0v) is 13.4. The highest BCUT2D eigenvalue weighted by molar-refractivity contribution is 9.10. The van der Waals surface area contributed by atoms with Crippen molar-refractivity contribution in [3.8, 4) is 11.6 Å². The van der Waals surface area contributed by atoms with Gasteiger partial charge in [-0.15, -0.1) is 0 Å². The van der Waals surface area contributed by atoms with Crippen LogP contribution >= 0.6 is 38.2 Å². The van der Waals surface area contributed by atoms with E-state index in [1.807, 2.05) is 0 Å². The molecular weight excluding hydrogens is 396 g/mol. The van der Waals surface area contributed by atoms with Crippen molar-refractivity contribution in [2.45, 2.75) is 4.90 Å². The SMILES string of the molecule is O=S(=O)(Cl)c1cccnc1Oc1cc(F)c(Cl)cc1Br. The summed E-state index contributed by atoms with van der Waals surface area (Å²) in [6, 6.07) is 4.90. The van der Waals surface area contributed by atoms with Crippen molar-refractivity contribution in [2.75, 3.05) is 0 Å². The molecule has 0 amide bonds. The summed E-state index contributed by atoms with van der Waals surface area (Å²) in [6.07, 6.45) is 1.32. The molecule has 4 nitrogen and oxygen atoms in total. The van der Waals surface area contributed by atoms with Crippen molar-refractivity contribution in [3.63, 3.8) is 0 Å². The summed E-state index contributed by atoms with van der Waals surface area (Å²) in [6.45, 7) is 0. The largest absolute Gasteiger partial charge is 0.436 e. The molecule has 0 bridgehead atoms. The summed E-state index contributed by atoms with van der Waals surface area (Å²) in [5.41, 5.74) is 0. The highest BCUT2D eigenvalue weighted by Gasteiger charge is 2.19. The van der Waals surface area contributed by atoms with E-state index in [1.54, 1.807) is 0 Å². The Labute approximate surface area is 132 Å². The van der Waals surface area contributed by atoms with Crippen molar-refractivity contribution in [1.29, 1.82) is 0 Å². The van der Waals surface area contributed by atoms with Gasteiger partial charge in [-0.25, -0.2) is 17.8 Å². The van der Waals surface area contributed by atoms with Crippen LogP contribution in [0.15, 0.2) is 39.8 Å². The summed E-state index contributed by atoms with van der Waals surface area (Å²) < 4.78 is 41.8. The fourth-order valence-electron chi connectivity index (χ4n) is 1.32. The van der Waals surface area contributed by atoms with Crippen LogP contribution in [0.25, 0.3) is 0 Å². The number of halogens is 4. The predicted octanol–water partition coefficient (Wildman–Crippen LogP) is 4.36. The van der Waals surface area contributed by atoms with Gasteiger partial charge in [-0.3, -0.25) is 0 Å². The summed E-state index contributed by atoms with van der Waals surface area (Å²) in [4.78, 5) is 3.46. The molecule has 1 aromatic carbocycles. The van der Waals surface area contributed by atoms with E-state index in [0.717, 1.165) is 6.07 Å². The third-order valence-electron chi connectivity index (χ3n) is 2.18. The fourth-order valence-corrected chi connectivity index (χ4v) is 2.94. The van der Waals surface area contributed by atoms with Crippen molar-refractivity contribution < 1.29 is 17.5 Å². The Balaban J connectivity index is 2.49. The quantitative estimate of drug-likeness (QED) is 0.567. The van der Waals surface area contributed by atoms with Gasteiger partial charge in [0.25, 0.3) is 9.05 Å². The van der Waals surface area contributed by atoms with Gasteiger partial charge in [-0.05, 0) is 34.1 Å². The van der Waals surface area contributed by atoms with E-state index in [0.29, 0.717) is 4.47 Å². The molecule has 0 saturated carbocycles. The summed E-state index contributed by atoms with van der Waals surface area (Å²) in [5.74, 6) is -0.951. The first-order valence-corrected chi connectivity index (χ1v) is 8.49. The van der Waals surface area contributed by atoms with Gasteiger partial charge in [0.2, 0.25) is 5.88 Å². The molecule has 9 heteroatoms. The van der Waals surface area contributed by atoms with Crippen molar-refractivity contribution in [3.05, 3.63) is 45.8 Å². The zero-order valence-electron chi connectivity index (χ0n) is 9.48. The number of pyridine rings is 1. The normalized spacial score (nSPS) is 11.4. The smallest absolute Gasteiger partial charge is 0.266 e. The summed E-state index contributed by atoms with van der Waals surface area (Å²) in [5, 5.41) is -0.101. The molecule has 1 aromatic heterocycles. The standard InChI is InChI=1S/C11H5BrCl2FNO3S/c12-6-4-7(13)8(15)5-9(6)19-11-10(20(14,17)18)2-1-3-16-11/h1-5H. The lowest BCUT2D eigenvalue weighted by Gasteiger charge is -2.09. The second kappa shape index (κ2) is 5.85. The maximum absolute atomic E-state index is 13.4. The van der Waals surface area contributed by atoms with Crippen LogP contribution in [0.4, 0.5) is 4.39 Å². The molecule has 20 heavy (non-hydrogen) atoms. The fraction of sp³-hybridized carbons (Fsp3) is 0. The molecule has 0 saturated heterocycles. The predicted molar refractivity (Wildman–Crippen MR) is 76.5 cm³/mol. The second-order valence-corrected chi connectivity index (χ2v) is 7.34. The van der Waals surface area contributed by atoms with E-state index in [2.05, 4.69) is 20.9 Å². The van der Waals surface area contributed by atoms with Crippen molar-refractivity contribution >= 4 is 47.3 Å². The van der Waals surface area contributed by atoms with E-state index < -0.39 is 14.9 Å². The molecule has 0 fully saturated rings. The number of rotatable bonds is 3. The van der Waals surface area contributed by atoms with Crippen LogP contribution in [-0.2, 0) is 9.05 Å². The van der Waals surface area contributed by atoms with Gasteiger partial charge in [0.15, 0.2) is 0 Å². The number of ether oxygens (including phenoxy) is 1. The molecule has 2 aromatic rings. The van der Waals surface area contributed by atoms with E-state index in [4.69, 9.17) is 27.0 Å². The Morgan fingerprint density at radius 3 is 2.70 bits per heavy atom. The Bertz CT molecular complexity index is 770. The highest BCUT2D eigenvalue weighted by atomic mass is 79.9. The molecule has 106 valence electrons. The van der Waals surface area contributed by atoms with Crippen LogP contribution in [0.5, 0.6) is 11.6 Å². The first kappa shape index (κ1) is 15.5. The molecule has 0 N–H and O–H groups in total. The molecule has 0 atom stereocenters. The van der Waals surface area contributed by atoms with Gasteiger partial charge in [0, 0.05) is 22.9 Å². The van der Waals surface area contributed by atoms with Crippen LogP contribution in [-0.4, -0.2) is 13.4 Å². The minimum absolute atomic E-state index is 0.0205. The zero-order chi connectivity index (χ0) is 14.9. The van der Waals surface area contributed by atoms with Crippen LogP contribution in [0.1, 0.15) is 0 Å². The Kier molecular flexibility index (Phi) is 4.53. The Morgan fingerprint density at radius 2 is 2.05 bits per heavy atom. The van der Waals surface area contributed by atoms with Gasteiger partial charge < -0.3 is 4.74 Å². The molecule has 0 aliphatic heterocycles. The van der Waals surface area contributed by atoms with Gasteiger partial charge >= 0.3 is 0 Å². The van der Waals surface area contributed by atoms with E-state index in [1.165, 1.54) is 24.4 Å². The third kappa shape index (κ3) is 3.41. The van der Waals surface area contributed by atoms with E-state index in [9.17, 15) is 12.8 Å². The monoisotopic (exact) mass is 399 g/mol. The average molecular weight is 401 g/mol. The first-order chi connectivity index (χ1) is 9.29. The number of nitrogens with zero attached hydrogens (tertiary/aromatic N) is 1. The summed E-state index contributed by atoms with van der Waals surface area (Å²) >= 11 is 8.73. The van der Waals surface area contributed by atoms with Crippen LogP contribution < -0.4 is 4.74 Å². The van der Waals surface area contributed by atoms with Crippen LogP contribution in [0.3, 0.4) is 0 Å². The molecule has 1 heterocycles. The lowest BCUT2D eigenvalue weighted by atomic mass is 10.3. The maximum atomic E-state index is 13.4. The minimum Gasteiger partial charge on any atom is -0.436 e. The van der Waals surface area contributed by atoms with Gasteiger partial charge in [0.05, 0.1) is 9.50 Å². The molecule has 0 spiro atoms. The van der Waals surface area contributed by atoms with Gasteiger partial charge in [-0.2, -0.15) is 0 Å². The number of aromatic nitrogens is 1. The van der Waals surface area contributed by atoms with Gasteiger partial charge in [-0.1, -0.05) is 11.6 Å². The Morgan fingerprint density at radius 1 is 1.35 bits per heavy atom. The average Bonchev–Trinajstić information content (AvgIpc) is 2.35. The van der Waals surface area contributed by atoms with Crippen LogP contribution in [0.2, 0.25) is 5.02 Å². The van der Waals surface area contributed by atoms with Crippen LogP contribution in [0, 0.1) is 5.82 Å². The maximum Gasteiger partial charge on any atom is 0.266 e. The molecular formula is C11H5BrCl2FNO3S. The first-order valence-electron chi connectivity index (χ1n) is 5.01. The Hall–Kier alpha value is -0.890. The lowest BCUT2D eigenvalue weighted by molar-refractivity contribution is 0.441. The number of hydrogen-bond acceptors (Lipinski definition) is 4. The van der Waals surface area contributed by atoms with Gasteiger partial charge in [0.1, 0.15) is 16.5 Å². The second-order valence-electron chi connectivity index (χ2n) is 3.54. The molecule has 0 radical (unpaired) electrons. The highest BCUT2D eigenvalue weighted by Crippen LogP contribution is 2.35. The molecule has 2 rings (SSSR count). The van der Waals surface area contributed by atoms with Crippen molar-refractivity contribution in [2.24, 2.45) is 0 Å². The summed E-state index contributed by atoms with van der Waals surface area (Å²) in [7, 11) is 1.24. The number of hydrogen-bond donors (Lipinski definition) is 0. The minimum atomic E-state index is -4.04. The van der Waals surface area contributed by atoms with E-state index in [-0.39, 0.29) is 21.5 Å². The molecule has 0 unspecified atom stereocenters. The topological polar surface area (TPSA) is 56.3 Å². The number of benzene rings is 1. The molecule has 0 aliphatic rings. The van der Waals surface area contributed by atoms with E-state index >= 15 is 0 Å².